The van der Waals surface area contributed by atoms with E-state index in [-0.39, 0.29) is 6.61 Å². The Hall–Kier alpha value is -1.01. The highest BCUT2D eigenvalue weighted by molar-refractivity contribution is 8.26. The van der Waals surface area contributed by atoms with Crippen molar-refractivity contribution in [2.45, 2.75) is 47.6 Å². The summed E-state index contributed by atoms with van der Waals surface area (Å²) in [6.07, 6.45) is 1.08. The Kier molecular flexibility index (Phi) is 11.8. The Labute approximate surface area is 155 Å². The summed E-state index contributed by atoms with van der Waals surface area (Å²) in [4.78, 5) is 8.53. The molecule has 2 aromatic heterocycles. The van der Waals surface area contributed by atoms with E-state index >= 15 is 0 Å². The maximum Gasteiger partial charge on any atom is 0.211 e. The van der Waals surface area contributed by atoms with Crippen LogP contribution in [0.2, 0.25) is 0 Å². The van der Waals surface area contributed by atoms with Crippen molar-refractivity contribution in [3.8, 4) is 0 Å². The molecule has 0 unspecified atom stereocenters. The van der Waals surface area contributed by atoms with E-state index in [1.54, 1.807) is 0 Å². The maximum atomic E-state index is 9.09. The van der Waals surface area contributed by atoms with Crippen LogP contribution in [0.3, 0.4) is 0 Å². The smallest absolute Gasteiger partial charge is 0.211 e. The molecule has 134 valence electrons. The summed E-state index contributed by atoms with van der Waals surface area (Å²) in [6.45, 7) is 10.2. The molecule has 0 spiro atoms. The highest BCUT2D eigenvalue weighted by Gasteiger charge is 1.96. The molecular formula is C17H24Cl2N2O2S. The van der Waals surface area contributed by atoms with Crippen LogP contribution >= 0.6 is 21.4 Å². The zero-order chi connectivity index (χ0) is 18.7. The summed E-state index contributed by atoms with van der Waals surface area (Å²) in [6, 6.07) is 8.01. The average molecular weight is 391 g/mol. The molecule has 0 saturated carbocycles. The van der Waals surface area contributed by atoms with Crippen molar-refractivity contribution in [2.24, 2.45) is 0 Å². The fraction of sp³-hybridized carbons (Fsp3) is 0.412. The lowest BCUT2D eigenvalue weighted by Gasteiger charge is -2.01. The van der Waals surface area contributed by atoms with Gasteiger partial charge in [0.15, 0.2) is 0 Å². The molecule has 0 aromatic carbocycles. The second kappa shape index (κ2) is 12.4. The second-order valence-electron chi connectivity index (χ2n) is 5.09. The highest BCUT2D eigenvalue weighted by atomic mass is 36.0. The van der Waals surface area contributed by atoms with Gasteiger partial charge in [0.2, 0.25) is 9.23 Å². The lowest BCUT2D eigenvalue weighted by atomic mass is 10.1. The fourth-order valence-corrected chi connectivity index (χ4v) is 1.97. The number of rotatable bonds is 2. The summed E-state index contributed by atoms with van der Waals surface area (Å²) >= 11 is 0. The third-order valence-corrected chi connectivity index (χ3v) is 3.22. The van der Waals surface area contributed by atoms with Crippen molar-refractivity contribution in [1.29, 1.82) is 0 Å². The van der Waals surface area contributed by atoms with E-state index in [1.165, 1.54) is 11.3 Å². The summed E-state index contributed by atoms with van der Waals surface area (Å²) in [7, 11) is 7.36. The van der Waals surface area contributed by atoms with Gasteiger partial charge in [-0.3, -0.25) is 9.97 Å². The van der Waals surface area contributed by atoms with Crippen LogP contribution in [0.15, 0.2) is 24.3 Å². The molecule has 0 saturated heterocycles. The van der Waals surface area contributed by atoms with Gasteiger partial charge in [-0.15, -0.1) is 0 Å². The summed E-state index contributed by atoms with van der Waals surface area (Å²) < 4.78 is 9.09. The van der Waals surface area contributed by atoms with Gasteiger partial charge in [0, 0.05) is 44.1 Å². The van der Waals surface area contributed by atoms with Crippen LogP contribution in [0.5, 0.6) is 0 Å². The van der Waals surface area contributed by atoms with Crippen LogP contribution in [-0.2, 0) is 22.3 Å². The molecule has 0 aliphatic heterocycles. The summed E-state index contributed by atoms with van der Waals surface area (Å²) in [5.41, 5.74) is 6.45. The second-order valence-corrected chi connectivity index (χ2v) is 7.61. The van der Waals surface area contributed by atoms with E-state index in [0.717, 1.165) is 29.1 Å². The standard InChI is InChI=1S/C9H13N.C8H11NO.Cl2OS/c1-4-9-6-5-7(2)10-8(9)3;1-6-3-4-8(5-10)7(2)9-6;1-4(2)3/h5-6H,4H2,1-3H3;3-4,10H,5H2,1-2H3;. The van der Waals surface area contributed by atoms with E-state index in [2.05, 4.69) is 57.3 Å². The van der Waals surface area contributed by atoms with Gasteiger partial charge in [-0.1, -0.05) is 19.1 Å². The number of halogens is 2. The number of aryl methyl sites for hydroxylation is 5. The van der Waals surface area contributed by atoms with Crippen LogP contribution in [0.4, 0.5) is 0 Å². The molecule has 0 atom stereocenters. The molecule has 7 heteroatoms. The molecule has 24 heavy (non-hydrogen) atoms. The number of pyridine rings is 2. The molecular weight excluding hydrogens is 367 g/mol. The third kappa shape index (κ3) is 9.98. The number of nitrogens with zero attached hydrogens (tertiary/aromatic N) is 2. The van der Waals surface area contributed by atoms with Gasteiger partial charge in [0.25, 0.3) is 0 Å². The van der Waals surface area contributed by atoms with E-state index in [4.69, 9.17) is 9.32 Å². The molecule has 4 nitrogen and oxygen atoms in total. The van der Waals surface area contributed by atoms with Gasteiger partial charge in [-0.05, 0) is 57.4 Å². The molecule has 0 bridgehead atoms. The number of aliphatic hydroxyl groups is 1. The highest BCUT2D eigenvalue weighted by Crippen LogP contribution is 2.06. The van der Waals surface area contributed by atoms with Gasteiger partial charge in [-0.2, -0.15) is 0 Å². The SMILES string of the molecule is CCc1ccc(C)nc1C.Cc1ccc(CO)c(C)n1.O=S(Cl)Cl. The van der Waals surface area contributed by atoms with Crippen LogP contribution in [0.1, 0.15) is 40.8 Å². The first kappa shape index (κ1) is 23.0. The first-order valence-corrected chi connectivity index (χ1v) is 10.2. The Morgan fingerprint density at radius 2 is 1.29 bits per heavy atom. The Bertz CT molecular complexity index is 612. The predicted octanol–water partition coefficient (Wildman–Crippen LogP) is 4.49. The van der Waals surface area contributed by atoms with Crippen molar-refractivity contribution < 1.29 is 9.32 Å². The molecule has 2 rings (SSSR count). The first-order valence-electron chi connectivity index (χ1n) is 7.42. The van der Waals surface area contributed by atoms with Crippen molar-refractivity contribution >= 4 is 30.6 Å². The zero-order valence-electron chi connectivity index (χ0n) is 14.6. The van der Waals surface area contributed by atoms with E-state index in [1.807, 2.05) is 32.9 Å². The van der Waals surface area contributed by atoms with Crippen LogP contribution in [0, 0.1) is 27.7 Å². The number of hydrogen-bond donors (Lipinski definition) is 1. The van der Waals surface area contributed by atoms with Crippen molar-refractivity contribution in [3.05, 3.63) is 58.2 Å². The molecule has 1 N–H and O–H groups in total. The molecule has 2 aromatic rings. The quantitative estimate of drug-likeness (QED) is 0.766. The van der Waals surface area contributed by atoms with E-state index in [0.29, 0.717) is 0 Å². The molecule has 0 aliphatic rings. The van der Waals surface area contributed by atoms with Crippen LogP contribution in [0.25, 0.3) is 0 Å². The first-order chi connectivity index (χ1) is 11.2. The van der Waals surface area contributed by atoms with Gasteiger partial charge >= 0.3 is 0 Å². The lowest BCUT2D eigenvalue weighted by molar-refractivity contribution is 0.280. The Balaban J connectivity index is 0.000000363. The van der Waals surface area contributed by atoms with Crippen molar-refractivity contribution in [3.63, 3.8) is 0 Å². The number of aliphatic hydroxyl groups excluding tert-OH is 1. The average Bonchev–Trinajstić information content (AvgIpc) is 2.47. The minimum atomic E-state index is -1.67. The predicted molar refractivity (Wildman–Crippen MR) is 103 cm³/mol. The third-order valence-electron chi connectivity index (χ3n) is 3.22. The maximum absolute atomic E-state index is 9.09. The van der Waals surface area contributed by atoms with Crippen molar-refractivity contribution in [2.75, 3.05) is 0 Å². The minimum absolute atomic E-state index is 0.0825. The largest absolute Gasteiger partial charge is 0.392 e. The van der Waals surface area contributed by atoms with Gasteiger partial charge in [0.05, 0.1) is 6.61 Å². The van der Waals surface area contributed by atoms with Gasteiger partial charge in [-0.25, -0.2) is 4.21 Å². The Morgan fingerprint density at radius 3 is 1.58 bits per heavy atom. The summed E-state index contributed by atoms with van der Waals surface area (Å²) in [5, 5.41) is 8.77. The minimum Gasteiger partial charge on any atom is -0.392 e. The topological polar surface area (TPSA) is 63.1 Å². The number of hydrogen-bond acceptors (Lipinski definition) is 4. The van der Waals surface area contributed by atoms with E-state index in [9.17, 15) is 0 Å². The zero-order valence-corrected chi connectivity index (χ0v) is 17.0. The number of aromatic nitrogens is 2. The summed E-state index contributed by atoms with van der Waals surface area (Å²) in [5.74, 6) is 0. The molecule has 0 radical (unpaired) electrons. The normalized spacial score (nSPS) is 9.71. The molecule has 2 heterocycles. The van der Waals surface area contributed by atoms with Crippen molar-refractivity contribution in [1.82, 2.24) is 9.97 Å². The van der Waals surface area contributed by atoms with Crippen LogP contribution in [-0.4, -0.2) is 19.3 Å². The fourth-order valence-electron chi connectivity index (χ4n) is 1.97. The van der Waals surface area contributed by atoms with Gasteiger partial charge in [0.1, 0.15) is 0 Å². The molecule has 0 aliphatic carbocycles. The molecule has 0 amide bonds. The van der Waals surface area contributed by atoms with E-state index < -0.39 is 9.23 Å². The Morgan fingerprint density at radius 1 is 0.917 bits per heavy atom. The van der Waals surface area contributed by atoms with Crippen LogP contribution < -0.4 is 0 Å². The lowest BCUT2D eigenvalue weighted by Crippen LogP contribution is -1.93. The monoisotopic (exact) mass is 390 g/mol. The van der Waals surface area contributed by atoms with Gasteiger partial charge < -0.3 is 5.11 Å². The molecule has 0 fully saturated rings.